The molecule has 9 heteroatoms. The molecule has 0 bridgehead atoms. The average Bonchev–Trinajstić information content (AvgIpc) is 3.28. The molecule has 2 fully saturated rings. The minimum Gasteiger partial charge on any atom is -0.484 e. The van der Waals surface area contributed by atoms with Gasteiger partial charge in [0.1, 0.15) is 11.5 Å². The van der Waals surface area contributed by atoms with Gasteiger partial charge in [-0.25, -0.2) is 0 Å². The molecule has 3 aliphatic rings. The van der Waals surface area contributed by atoms with Crippen LogP contribution >= 0.6 is 0 Å². The van der Waals surface area contributed by atoms with Crippen LogP contribution in [0.5, 0.6) is 11.5 Å². The van der Waals surface area contributed by atoms with Crippen molar-refractivity contribution in [1.82, 2.24) is 16.0 Å². The van der Waals surface area contributed by atoms with Gasteiger partial charge in [0, 0.05) is 24.2 Å². The highest BCUT2D eigenvalue weighted by atomic mass is 16.5. The van der Waals surface area contributed by atoms with Crippen molar-refractivity contribution in [2.24, 2.45) is 34.5 Å². The molecular weight excluding hydrogens is 799 g/mol. The van der Waals surface area contributed by atoms with Crippen molar-refractivity contribution in [3.05, 3.63) is 83.1 Å². The van der Waals surface area contributed by atoms with Gasteiger partial charge in [0.25, 0.3) is 11.8 Å². The topological polar surface area (TPSA) is 126 Å². The van der Waals surface area contributed by atoms with E-state index in [1.54, 1.807) is 12.2 Å². The van der Waals surface area contributed by atoms with Crippen molar-refractivity contribution in [3.63, 3.8) is 0 Å². The summed E-state index contributed by atoms with van der Waals surface area (Å²) in [6, 6.07) is 15.8. The number of aliphatic hydroxyl groups excluding tert-OH is 1. The molecule has 354 valence electrons. The minimum absolute atomic E-state index is 0.0723. The molecule has 9 nitrogen and oxygen atoms in total. The Hall–Kier alpha value is -4.11. The van der Waals surface area contributed by atoms with E-state index in [9.17, 15) is 19.5 Å². The van der Waals surface area contributed by atoms with Gasteiger partial charge < -0.3 is 30.5 Å². The summed E-state index contributed by atoms with van der Waals surface area (Å²) in [4.78, 5) is 39.8. The second-order valence-electron chi connectivity index (χ2n) is 22.0. The number of ether oxygens (including phenoxy) is 2. The zero-order valence-electron chi connectivity index (χ0n) is 41.3. The summed E-state index contributed by atoms with van der Waals surface area (Å²) in [5, 5.41) is 18.7. The molecule has 4 atom stereocenters. The first-order valence-corrected chi connectivity index (χ1v) is 24.6. The highest BCUT2D eigenvalue weighted by Gasteiger charge is 2.40. The van der Waals surface area contributed by atoms with E-state index in [0.29, 0.717) is 51.9 Å². The van der Waals surface area contributed by atoms with Gasteiger partial charge in [-0.2, -0.15) is 0 Å². The molecule has 0 heterocycles. The average molecular weight is 882 g/mol. The lowest BCUT2D eigenvalue weighted by atomic mass is 9.60. The van der Waals surface area contributed by atoms with Crippen molar-refractivity contribution in [2.75, 3.05) is 19.8 Å². The van der Waals surface area contributed by atoms with Gasteiger partial charge in [0.15, 0.2) is 13.2 Å². The fourth-order valence-electron chi connectivity index (χ4n) is 10.9. The van der Waals surface area contributed by atoms with Gasteiger partial charge >= 0.3 is 0 Å². The van der Waals surface area contributed by atoms with Gasteiger partial charge in [0.05, 0.1) is 12.1 Å². The fourth-order valence-corrected chi connectivity index (χ4v) is 10.9. The molecule has 2 saturated carbocycles. The SMILES string of the molecule is CCC(O)CNC(=O)C1=CC(NC(=O)COc2ccc(C(C)(CC)C3CCC(C(C)(C)C)CC3)cc2)=CC(NC(=O)COc2ccc(C(C)(CC)C3CCC(C(C)(C)C)CC3)cc2)C1. The van der Waals surface area contributed by atoms with E-state index in [2.05, 4.69) is 109 Å². The molecule has 0 aromatic heterocycles. The fraction of sp³-hybridized carbons (Fsp3) is 0.655. The van der Waals surface area contributed by atoms with Crippen molar-refractivity contribution in [1.29, 1.82) is 0 Å². The molecule has 4 N–H and O–H groups in total. The molecule has 0 radical (unpaired) electrons. The molecule has 0 spiro atoms. The number of nitrogens with one attached hydrogen (secondary N) is 3. The first-order chi connectivity index (χ1) is 30.2. The zero-order valence-corrected chi connectivity index (χ0v) is 41.3. The van der Waals surface area contributed by atoms with E-state index in [4.69, 9.17) is 9.47 Å². The number of carbonyl (C=O) groups excluding carboxylic acids is 3. The maximum Gasteiger partial charge on any atom is 0.262 e. The molecule has 5 rings (SSSR count). The predicted octanol–water partition coefficient (Wildman–Crippen LogP) is 10.9. The maximum atomic E-state index is 13.3. The van der Waals surface area contributed by atoms with E-state index >= 15 is 0 Å². The van der Waals surface area contributed by atoms with Crippen LogP contribution < -0.4 is 25.4 Å². The van der Waals surface area contributed by atoms with Crippen LogP contribution in [0.1, 0.15) is 164 Å². The molecule has 2 aromatic rings. The molecule has 4 unspecified atom stereocenters. The summed E-state index contributed by atoms with van der Waals surface area (Å²) in [7, 11) is 0. The normalized spacial score (nSPS) is 24.2. The molecular formula is C55H83N3O6. The molecule has 2 aromatic carbocycles. The van der Waals surface area contributed by atoms with Crippen LogP contribution in [0.2, 0.25) is 0 Å². The number of hydrogen-bond donors (Lipinski definition) is 4. The highest BCUT2D eigenvalue weighted by Crippen LogP contribution is 2.49. The zero-order chi connectivity index (χ0) is 46.9. The van der Waals surface area contributed by atoms with Crippen molar-refractivity contribution >= 4 is 17.7 Å². The third-order valence-corrected chi connectivity index (χ3v) is 16.0. The number of benzene rings is 2. The van der Waals surface area contributed by atoms with E-state index < -0.39 is 18.1 Å². The smallest absolute Gasteiger partial charge is 0.262 e. The summed E-state index contributed by atoms with van der Waals surface area (Å²) in [5.41, 5.74) is 4.20. The van der Waals surface area contributed by atoms with Crippen LogP contribution in [-0.4, -0.2) is 54.7 Å². The Morgan fingerprint density at radius 1 is 0.641 bits per heavy atom. The van der Waals surface area contributed by atoms with Crippen LogP contribution in [-0.2, 0) is 25.2 Å². The van der Waals surface area contributed by atoms with Gasteiger partial charge in [-0.15, -0.1) is 0 Å². The van der Waals surface area contributed by atoms with Gasteiger partial charge in [0.2, 0.25) is 5.91 Å². The number of rotatable bonds is 18. The summed E-state index contributed by atoms with van der Waals surface area (Å²) >= 11 is 0. The standard InChI is InChI=1S/C55H83N3O6/c1-12-46(59)34-56-51(62)37-31-44(57-49(60)35-63-47-27-23-42(24-28-47)54(10,13-2)40-19-15-38(16-20-40)52(4,5)6)33-45(32-37)58-50(61)36-64-48-29-25-43(26-30-48)55(11,14-3)41-21-17-39(18-22-41)53(7,8)9/h23-31,33,38-41,45-46,59H,12-22,32,34-36H2,1-11H3,(H,56,62)(H,57,60)(H,58,61). The number of amides is 3. The number of hydrogen-bond acceptors (Lipinski definition) is 6. The quantitative estimate of drug-likeness (QED) is 0.118. The van der Waals surface area contributed by atoms with Crippen LogP contribution in [0.15, 0.2) is 72.0 Å². The third kappa shape index (κ3) is 13.3. The first-order valence-electron chi connectivity index (χ1n) is 24.6. The summed E-state index contributed by atoms with van der Waals surface area (Å²) in [6.07, 6.45) is 15.5. The maximum absolute atomic E-state index is 13.3. The van der Waals surface area contributed by atoms with E-state index in [1.807, 2.05) is 31.2 Å². The largest absolute Gasteiger partial charge is 0.484 e. The Morgan fingerprint density at radius 2 is 1.06 bits per heavy atom. The summed E-state index contributed by atoms with van der Waals surface area (Å²) < 4.78 is 11.9. The predicted molar refractivity (Wildman–Crippen MR) is 259 cm³/mol. The van der Waals surface area contributed by atoms with Crippen molar-refractivity contribution in [3.8, 4) is 11.5 Å². The molecule has 0 saturated heterocycles. The summed E-state index contributed by atoms with van der Waals surface area (Å²) in [5.74, 6) is 2.90. The lowest BCUT2D eigenvalue weighted by molar-refractivity contribution is -0.124. The Labute approximate surface area is 386 Å². The van der Waals surface area contributed by atoms with Crippen LogP contribution in [0, 0.1) is 34.5 Å². The number of allylic oxidation sites excluding steroid dienone is 1. The van der Waals surface area contributed by atoms with Crippen LogP contribution in [0.4, 0.5) is 0 Å². The number of carbonyl (C=O) groups is 3. The van der Waals surface area contributed by atoms with Crippen LogP contribution in [0.25, 0.3) is 0 Å². The molecule has 3 aliphatic carbocycles. The van der Waals surface area contributed by atoms with E-state index in [0.717, 1.165) is 24.7 Å². The molecule has 0 aliphatic heterocycles. The monoisotopic (exact) mass is 882 g/mol. The van der Waals surface area contributed by atoms with Crippen molar-refractivity contribution < 1.29 is 29.0 Å². The third-order valence-electron chi connectivity index (χ3n) is 16.0. The second kappa shape index (κ2) is 21.9. The van der Waals surface area contributed by atoms with Crippen molar-refractivity contribution in [2.45, 2.75) is 176 Å². The highest BCUT2D eigenvalue weighted by molar-refractivity contribution is 5.95. The molecule has 3 amide bonds. The van der Waals surface area contributed by atoms with Gasteiger partial charge in [-0.05, 0) is 164 Å². The first kappa shape index (κ1) is 50.9. The Balaban J connectivity index is 1.17. The van der Waals surface area contributed by atoms with Gasteiger partial charge in [-0.1, -0.05) is 100 Å². The Morgan fingerprint density at radius 3 is 1.47 bits per heavy atom. The Bertz CT molecular complexity index is 1910. The lowest BCUT2D eigenvalue weighted by Gasteiger charge is -2.44. The number of aliphatic hydroxyl groups is 1. The van der Waals surface area contributed by atoms with E-state index in [1.165, 1.54) is 62.5 Å². The van der Waals surface area contributed by atoms with Crippen LogP contribution in [0.3, 0.4) is 0 Å². The second-order valence-corrected chi connectivity index (χ2v) is 22.0. The Kier molecular flexibility index (Phi) is 17.4. The summed E-state index contributed by atoms with van der Waals surface area (Å²) in [6.45, 7) is 25.1. The lowest BCUT2D eigenvalue weighted by Crippen LogP contribution is -2.42. The molecule has 64 heavy (non-hydrogen) atoms. The van der Waals surface area contributed by atoms with Gasteiger partial charge in [-0.3, -0.25) is 14.4 Å². The minimum atomic E-state index is -0.677. The van der Waals surface area contributed by atoms with E-state index in [-0.39, 0.29) is 48.8 Å².